The van der Waals surface area contributed by atoms with Gasteiger partial charge in [-0.2, -0.15) is 0 Å². The molecule has 0 bridgehead atoms. The molecule has 0 atom stereocenters. The number of hydrogen-bond donors (Lipinski definition) is 1. The molecule has 1 fully saturated rings. The van der Waals surface area contributed by atoms with Crippen molar-refractivity contribution in [3.63, 3.8) is 0 Å². The third kappa shape index (κ3) is 4.25. The number of carbonyl (C=O) groups is 1. The van der Waals surface area contributed by atoms with Crippen molar-refractivity contribution >= 4 is 5.91 Å². The van der Waals surface area contributed by atoms with E-state index in [0.717, 1.165) is 25.7 Å². The minimum Gasteiger partial charge on any atom is -0.378 e. The van der Waals surface area contributed by atoms with Crippen LogP contribution in [0.5, 0.6) is 0 Å². The summed E-state index contributed by atoms with van der Waals surface area (Å²) in [4.78, 5) is 14.1. The Bertz CT molecular complexity index is 271. The van der Waals surface area contributed by atoms with Crippen molar-refractivity contribution in [2.45, 2.75) is 63.6 Å². The van der Waals surface area contributed by atoms with Crippen molar-refractivity contribution in [1.29, 1.82) is 0 Å². The summed E-state index contributed by atoms with van der Waals surface area (Å²) in [5, 5.41) is 3.32. The van der Waals surface area contributed by atoms with E-state index in [2.05, 4.69) is 5.32 Å². The quantitative estimate of drug-likeness (QED) is 0.815. The van der Waals surface area contributed by atoms with Gasteiger partial charge in [0.25, 0.3) is 0 Å². The zero-order valence-electron chi connectivity index (χ0n) is 12.5. The molecule has 0 unspecified atom stereocenters. The molecule has 0 aromatic rings. The first kappa shape index (κ1) is 15.4. The van der Waals surface area contributed by atoms with Gasteiger partial charge >= 0.3 is 0 Å². The lowest BCUT2D eigenvalue weighted by molar-refractivity contribution is -0.137. The number of hydrogen-bond acceptors (Lipinski definition) is 3. The molecule has 1 saturated carbocycles. The van der Waals surface area contributed by atoms with Crippen molar-refractivity contribution in [3.8, 4) is 0 Å². The van der Waals surface area contributed by atoms with Crippen LogP contribution < -0.4 is 5.32 Å². The number of rotatable bonds is 5. The van der Waals surface area contributed by atoms with E-state index in [1.54, 1.807) is 7.11 Å². The first-order chi connectivity index (χ1) is 8.39. The number of methoxy groups -OCH3 is 1. The topological polar surface area (TPSA) is 41.6 Å². The fourth-order valence-corrected chi connectivity index (χ4v) is 2.52. The number of nitrogens with one attached hydrogen (secondary N) is 1. The van der Waals surface area contributed by atoms with Crippen LogP contribution in [0.4, 0.5) is 0 Å². The van der Waals surface area contributed by atoms with Crippen molar-refractivity contribution in [2.75, 3.05) is 21.2 Å². The van der Waals surface area contributed by atoms with Gasteiger partial charge in [-0.05, 0) is 46.6 Å². The van der Waals surface area contributed by atoms with Crippen LogP contribution in [0.1, 0.15) is 46.0 Å². The zero-order valence-corrected chi connectivity index (χ0v) is 12.5. The number of carbonyl (C=O) groups excluding carboxylic acids is 1. The molecule has 1 amide bonds. The van der Waals surface area contributed by atoms with Gasteiger partial charge in [0.15, 0.2) is 0 Å². The molecule has 0 saturated heterocycles. The van der Waals surface area contributed by atoms with Gasteiger partial charge in [0.1, 0.15) is 0 Å². The van der Waals surface area contributed by atoms with Gasteiger partial charge in [-0.1, -0.05) is 0 Å². The van der Waals surface area contributed by atoms with Crippen LogP contribution in [-0.4, -0.2) is 49.7 Å². The number of ether oxygens (including phenoxy) is 1. The second-order valence-corrected chi connectivity index (χ2v) is 5.94. The van der Waals surface area contributed by atoms with Gasteiger partial charge in [-0.25, -0.2) is 0 Å². The van der Waals surface area contributed by atoms with E-state index < -0.39 is 0 Å². The summed E-state index contributed by atoms with van der Waals surface area (Å²) in [6.07, 6.45) is 4.97. The normalized spacial score (nSPS) is 24.9. The van der Waals surface area contributed by atoms with Gasteiger partial charge in [0.05, 0.1) is 12.0 Å². The highest BCUT2D eigenvalue weighted by atomic mass is 16.5. The molecular weight excluding hydrogens is 228 g/mol. The summed E-state index contributed by atoms with van der Waals surface area (Å²) >= 11 is 0. The van der Waals surface area contributed by atoms with Crippen molar-refractivity contribution in [1.82, 2.24) is 10.2 Å². The van der Waals surface area contributed by atoms with Crippen molar-refractivity contribution in [3.05, 3.63) is 0 Å². The maximum atomic E-state index is 12.2. The second kappa shape index (κ2) is 6.53. The monoisotopic (exact) mass is 256 g/mol. The second-order valence-electron chi connectivity index (χ2n) is 5.94. The highest BCUT2D eigenvalue weighted by Crippen LogP contribution is 2.24. The molecule has 0 radical (unpaired) electrons. The average molecular weight is 256 g/mol. The number of amides is 1. The van der Waals surface area contributed by atoms with Crippen LogP contribution in [0, 0.1) is 0 Å². The van der Waals surface area contributed by atoms with Gasteiger partial charge in [-0.15, -0.1) is 0 Å². The molecule has 0 aromatic heterocycles. The molecular formula is C14H28N2O2. The molecule has 0 aliphatic heterocycles. The van der Waals surface area contributed by atoms with Gasteiger partial charge in [0.2, 0.25) is 5.91 Å². The Kier molecular flexibility index (Phi) is 5.60. The Hall–Kier alpha value is -0.610. The molecule has 1 N–H and O–H groups in total. The SMILES string of the molecule is CNC1CCC(N(C)C(=O)CC(C)(C)OC)CC1. The van der Waals surface area contributed by atoms with Crippen LogP contribution in [0.15, 0.2) is 0 Å². The fraction of sp³-hybridized carbons (Fsp3) is 0.929. The minimum atomic E-state index is -0.368. The van der Waals surface area contributed by atoms with Crippen LogP contribution in [-0.2, 0) is 9.53 Å². The van der Waals surface area contributed by atoms with Crippen LogP contribution in [0.25, 0.3) is 0 Å². The molecule has 1 aliphatic rings. The third-order valence-electron chi connectivity index (χ3n) is 4.18. The summed E-state index contributed by atoms with van der Waals surface area (Å²) in [7, 11) is 5.60. The molecule has 0 spiro atoms. The van der Waals surface area contributed by atoms with E-state index in [0.29, 0.717) is 18.5 Å². The largest absolute Gasteiger partial charge is 0.378 e. The molecule has 4 heteroatoms. The van der Waals surface area contributed by atoms with Crippen LogP contribution >= 0.6 is 0 Å². The predicted octanol–water partition coefficient (Wildman–Crippen LogP) is 1.79. The smallest absolute Gasteiger partial charge is 0.225 e. The number of nitrogens with zero attached hydrogens (tertiary/aromatic N) is 1. The van der Waals surface area contributed by atoms with Gasteiger partial charge < -0.3 is 15.0 Å². The molecule has 4 nitrogen and oxygen atoms in total. The maximum Gasteiger partial charge on any atom is 0.225 e. The zero-order chi connectivity index (χ0) is 13.8. The highest BCUT2D eigenvalue weighted by molar-refractivity contribution is 5.77. The Morgan fingerprint density at radius 2 is 1.89 bits per heavy atom. The average Bonchev–Trinajstić information content (AvgIpc) is 2.37. The highest BCUT2D eigenvalue weighted by Gasteiger charge is 2.29. The lowest BCUT2D eigenvalue weighted by atomic mass is 9.90. The first-order valence-corrected chi connectivity index (χ1v) is 6.87. The molecule has 18 heavy (non-hydrogen) atoms. The Morgan fingerprint density at radius 1 is 1.33 bits per heavy atom. The lowest BCUT2D eigenvalue weighted by Crippen LogP contribution is -2.44. The summed E-state index contributed by atoms with van der Waals surface area (Å²) in [5.41, 5.74) is -0.368. The predicted molar refractivity (Wildman–Crippen MR) is 73.6 cm³/mol. The Balaban J connectivity index is 2.45. The van der Waals surface area contributed by atoms with E-state index in [4.69, 9.17) is 4.74 Å². The van der Waals surface area contributed by atoms with Crippen molar-refractivity contribution < 1.29 is 9.53 Å². The van der Waals surface area contributed by atoms with E-state index >= 15 is 0 Å². The van der Waals surface area contributed by atoms with E-state index in [-0.39, 0.29) is 11.5 Å². The summed E-state index contributed by atoms with van der Waals surface area (Å²) < 4.78 is 5.32. The molecule has 1 rings (SSSR count). The molecule has 106 valence electrons. The molecule has 0 heterocycles. The van der Waals surface area contributed by atoms with Crippen LogP contribution in [0.2, 0.25) is 0 Å². The summed E-state index contributed by atoms with van der Waals surface area (Å²) in [6, 6.07) is 1.02. The first-order valence-electron chi connectivity index (χ1n) is 6.87. The fourth-order valence-electron chi connectivity index (χ4n) is 2.52. The minimum absolute atomic E-state index is 0.190. The maximum absolute atomic E-state index is 12.2. The lowest BCUT2D eigenvalue weighted by Gasteiger charge is -2.36. The molecule has 1 aliphatic carbocycles. The third-order valence-corrected chi connectivity index (χ3v) is 4.18. The summed E-state index contributed by atoms with van der Waals surface area (Å²) in [5.74, 6) is 0.190. The van der Waals surface area contributed by atoms with Crippen LogP contribution in [0.3, 0.4) is 0 Å². The standard InChI is InChI=1S/C14H28N2O2/c1-14(2,18-5)10-13(17)16(4)12-8-6-11(15-3)7-9-12/h11-12,15H,6-10H2,1-5H3. The van der Waals surface area contributed by atoms with E-state index in [1.165, 1.54) is 0 Å². The van der Waals surface area contributed by atoms with Crippen molar-refractivity contribution in [2.24, 2.45) is 0 Å². The van der Waals surface area contributed by atoms with Gasteiger partial charge in [0, 0.05) is 26.2 Å². The van der Waals surface area contributed by atoms with E-state index in [9.17, 15) is 4.79 Å². The van der Waals surface area contributed by atoms with E-state index in [1.807, 2.05) is 32.8 Å². The van der Waals surface area contributed by atoms with Gasteiger partial charge in [-0.3, -0.25) is 4.79 Å². The Morgan fingerprint density at radius 3 is 2.33 bits per heavy atom. The molecule has 0 aromatic carbocycles. The summed E-state index contributed by atoms with van der Waals surface area (Å²) in [6.45, 7) is 3.91. The Labute approximate surface area is 111 Å².